The lowest BCUT2D eigenvalue weighted by molar-refractivity contribution is -0.384. The van der Waals surface area contributed by atoms with E-state index < -0.39 is 4.92 Å². The largest absolute Gasteiger partial charge is 0.324 e. The topological polar surface area (TPSA) is 84.3 Å². The summed E-state index contributed by atoms with van der Waals surface area (Å²) in [5.74, 6) is -0.280. The first-order chi connectivity index (χ1) is 11.4. The molecule has 24 heavy (non-hydrogen) atoms. The number of nitro groups is 1. The maximum absolute atomic E-state index is 12.1. The highest BCUT2D eigenvalue weighted by Crippen LogP contribution is 2.23. The van der Waals surface area contributed by atoms with Gasteiger partial charge in [0.2, 0.25) is 5.91 Å². The van der Waals surface area contributed by atoms with Crippen molar-refractivity contribution in [2.24, 2.45) is 0 Å². The number of nitrogens with zero attached hydrogens (tertiary/aromatic N) is 1. The maximum atomic E-state index is 12.1. The molecule has 0 radical (unpaired) electrons. The molecule has 1 amide bonds. The van der Waals surface area contributed by atoms with Gasteiger partial charge >= 0.3 is 0 Å². The number of hydrogen-bond donors (Lipinski definition) is 2. The van der Waals surface area contributed by atoms with Crippen LogP contribution in [0.15, 0.2) is 42.5 Å². The Morgan fingerprint density at radius 2 is 2.00 bits per heavy atom. The second kappa shape index (κ2) is 7.90. The summed E-state index contributed by atoms with van der Waals surface area (Å²) in [6.45, 7) is 3.75. The van der Waals surface area contributed by atoms with Gasteiger partial charge in [-0.25, -0.2) is 0 Å². The van der Waals surface area contributed by atoms with Gasteiger partial charge in [0.05, 0.1) is 17.2 Å². The van der Waals surface area contributed by atoms with Crippen molar-refractivity contribution in [2.75, 3.05) is 11.9 Å². The van der Waals surface area contributed by atoms with Gasteiger partial charge in [0.15, 0.2) is 0 Å². The van der Waals surface area contributed by atoms with Gasteiger partial charge in [0.1, 0.15) is 0 Å². The van der Waals surface area contributed by atoms with Crippen LogP contribution in [0.5, 0.6) is 0 Å². The molecule has 0 saturated heterocycles. The highest BCUT2D eigenvalue weighted by Gasteiger charge is 2.13. The molecule has 2 N–H and O–H groups in total. The number of carbonyl (C=O) groups excluding carboxylic acids is 1. The molecule has 1 unspecified atom stereocenters. The van der Waals surface area contributed by atoms with Gasteiger partial charge in [-0.1, -0.05) is 35.9 Å². The quantitative estimate of drug-likeness (QED) is 0.614. The van der Waals surface area contributed by atoms with Crippen LogP contribution in [0.4, 0.5) is 11.4 Å². The van der Waals surface area contributed by atoms with E-state index in [0.29, 0.717) is 10.7 Å². The fourth-order valence-corrected chi connectivity index (χ4v) is 2.53. The van der Waals surface area contributed by atoms with Gasteiger partial charge in [0.25, 0.3) is 5.69 Å². The van der Waals surface area contributed by atoms with E-state index in [1.165, 1.54) is 12.1 Å². The Kier molecular flexibility index (Phi) is 5.89. The van der Waals surface area contributed by atoms with Crippen molar-refractivity contribution in [1.82, 2.24) is 5.32 Å². The number of amides is 1. The molecule has 0 heterocycles. The molecule has 0 aromatic heterocycles. The molecule has 7 heteroatoms. The van der Waals surface area contributed by atoms with Crippen molar-refractivity contribution in [2.45, 2.75) is 19.9 Å². The van der Waals surface area contributed by atoms with E-state index in [1.54, 1.807) is 19.1 Å². The Hall–Kier alpha value is -2.44. The van der Waals surface area contributed by atoms with Crippen molar-refractivity contribution in [3.8, 4) is 0 Å². The highest BCUT2D eigenvalue weighted by molar-refractivity contribution is 6.31. The summed E-state index contributed by atoms with van der Waals surface area (Å²) in [6.07, 6.45) is 0. The van der Waals surface area contributed by atoms with E-state index in [-0.39, 0.29) is 24.2 Å². The number of non-ortho nitro benzene ring substituents is 1. The molecular formula is C17H18ClN3O3. The lowest BCUT2D eigenvalue weighted by Crippen LogP contribution is -2.30. The number of rotatable bonds is 6. The molecule has 6 nitrogen and oxygen atoms in total. The van der Waals surface area contributed by atoms with Crippen molar-refractivity contribution in [3.63, 3.8) is 0 Å². The fourth-order valence-electron chi connectivity index (χ4n) is 2.23. The zero-order chi connectivity index (χ0) is 17.7. The minimum atomic E-state index is -0.493. The molecule has 0 fully saturated rings. The first-order valence-corrected chi connectivity index (χ1v) is 7.79. The number of nitrogens with one attached hydrogen (secondary N) is 2. The molecule has 1 atom stereocenters. The number of nitro benzene ring substituents is 1. The lowest BCUT2D eigenvalue weighted by Gasteiger charge is -2.16. The Balaban J connectivity index is 1.98. The van der Waals surface area contributed by atoms with Crippen molar-refractivity contribution in [3.05, 3.63) is 68.7 Å². The van der Waals surface area contributed by atoms with Crippen LogP contribution in [-0.4, -0.2) is 17.4 Å². The van der Waals surface area contributed by atoms with Crippen molar-refractivity contribution >= 4 is 28.9 Å². The third-order valence-electron chi connectivity index (χ3n) is 3.65. The number of aryl methyl sites for hydroxylation is 1. The zero-order valence-electron chi connectivity index (χ0n) is 13.4. The molecule has 0 aliphatic rings. The first kappa shape index (κ1) is 17.9. The van der Waals surface area contributed by atoms with Gasteiger partial charge in [-0.15, -0.1) is 0 Å². The van der Waals surface area contributed by atoms with Gasteiger partial charge in [-0.3, -0.25) is 14.9 Å². The highest BCUT2D eigenvalue weighted by atomic mass is 35.5. The minimum absolute atomic E-state index is 0.0618. The first-order valence-electron chi connectivity index (χ1n) is 7.41. The average molecular weight is 348 g/mol. The Morgan fingerprint density at radius 1 is 1.29 bits per heavy atom. The Morgan fingerprint density at radius 3 is 2.67 bits per heavy atom. The molecule has 0 aliphatic heterocycles. The Bertz CT molecular complexity index is 764. The second-order valence-corrected chi connectivity index (χ2v) is 5.84. The smallest absolute Gasteiger partial charge is 0.271 e. The molecule has 2 aromatic rings. The monoisotopic (exact) mass is 347 g/mol. The van der Waals surface area contributed by atoms with Crippen LogP contribution in [0.2, 0.25) is 5.02 Å². The number of hydrogen-bond acceptors (Lipinski definition) is 4. The molecule has 0 aliphatic carbocycles. The molecule has 0 saturated carbocycles. The van der Waals surface area contributed by atoms with Gasteiger partial charge in [0, 0.05) is 23.2 Å². The third-order valence-corrected chi connectivity index (χ3v) is 3.99. The summed E-state index contributed by atoms with van der Waals surface area (Å²) >= 11 is 6.13. The molecule has 0 bridgehead atoms. The van der Waals surface area contributed by atoms with Crippen LogP contribution >= 0.6 is 11.6 Å². The average Bonchev–Trinajstić information content (AvgIpc) is 2.55. The summed E-state index contributed by atoms with van der Waals surface area (Å²) in [7, 11) is 0. The fraction of sp³-hybridized carbons (Fsp3) is 0.235. The summed E-state index contributed by atoms with van der Waals surface area (Å²) < 4.78 is 0. The standard InChI is InChI=1S/C17H18ClN3O3/c1-11-7-8-13(21(23)24)9-16(11)20-17(22)10-19-12(2)14-5-3-4-6-15(14)18/h3-9,12,19H,10H2,1-2H3,(H,20,22). The SMILES string of the molecule is Cc1ccc([N+](=O)[O-])cc1NC(=O)CNC(C)c1ccccc1Cl. The van der Waals surface area contributed by atoms with Gasteiger partial charge in [-0.2, -0.15) is 0 Å². The predicted octanol–water partition coefficient (Wildman–Crippen LogP) is 3.85. The van der Waals surface area contributed by atoms with Gasteiger partial charge in [-0.05, 0) is 31.0 Å². The van der Waals surface area contributed by atoms with Crippen LogP contribution < -0.4 is 10.6 Å². The van der Waals surface area contributed by atoms with E-state index in [4.69, 9.17) is 11.6 Å². The Labute approximate surface area is 145 Å². The van der Waals surface area contributed by atoms with Gasteiger partial charge < -0.3 is 10.6 Å². The number of carbonyl (C=O) groups is 1. The summed E-state index contributed by atoms with van der Waals surface area (Å²) in [5.41, 5.74) is 2.03. The number of benzene rings is 2. The van der Waals surface area contributed by atoms with Crippen LogP contribution in [0.1, 0.15) is 24.1 Å². The lowest BCUT2D eigenvalue weighted by atomic mass is 10.1. The van der Waals surface area contributed by atoms with E-state index in [2.05, 4.69) is 10.6 Å². The number of halogens is 1. The third kappa shape index (κ3) is 4.53. The van der Waals surface area contributed by atoms with E-state index in [9.17, 15) is 14.9 Å². The van der Waals surface area contributed by atoms with E-state index >= 15 is 0 Å². The molecule has 0 spiro atoms. The molecule has 2 rings (SSSR count). The van der Waals surface area contributed by atoms with E-state index in [1.807, 2.05) is 25.1 Å². The van der Waals surface area contributed by atoms with Crippen LogP contribution in [0.25, 0.3) is 0 Å². The number of anilines is 1. The normalized spacial score (nSPS) is 11.8. The maximum Gasteiger partial charge on any atom is 0.271 e. The summed E-state index contributed by atoms with van der Waals surface area (Å²) in [6, 6.07) is 11.7. The van der Waals surface area contributed by atoms with Crippen molar-refractivity contribution in [1.29, 1.82) is 0 Å². The van der Waals surface area contributed by atoms with Crippen LogP contribution in [-0.2, 0) is 4.79 Å². The van der Waals surface area contributed by atoms with Crippen LogP contribution in [0.3, 0.4) is 0 Å². The summed E-state index contributed by atoms with van der Waals surface area (Å²) in [4.78, 5) is 22.4. The van der Waals surface area contributed by atoms with Crippen molar-refractivity contribution < 1.29 is 9.72 Å². The predicted molar refractivity (Wildman–Crippen MR) is 94.3 cm³/mol. The van der Waals surface area contributed by atoms with E-state index in [0.717, 1.165) is 11.1 Å². The second-order valence-electron chi connectivity index (χ2n) is 5.43. The molecular weight excluding hydrogens is 330 g/mol. The van der Waals surface area contributed by atoms with Crippen LogP contribution in [0, 0.1) is 17.0 Å². The summed E-state index contributed by atoms with van der Waals surface area (Å²) in [5, 5.41) is 17.2. The zero-order valence-corrected chi connectivity index (χ0v) is 14.1. The minimum Gasteiger partial charge on any atom is -0.324 e. The molecule has 126 valence electrons. The molecule has 2 aromatic carbocycles.